The van der Waals surface area contributed by atoms with Crippen molar-refractivity contribution >= 4 is 16.7 Å². The van der Waals surface area contributed by atoms with E-state index in [0.29, 0.717) is 11.0 Å². The summed E-state index contributed by atoms with van der Waals surface area (Å²) in [6, 6.07) is 4.90. The van der Waals surface area contributed by atoms with Crippen molar-refractivity contribution in [3.8, 4) is 0 Å². The average Bonchev–Trinajstić information content (AvgIpc) is 2.64. The Morgan fingerprint density at radius 1 is 1.43 bits per heavy atom. The van der Waals surface area contributed by atoms with Crippen LogP contribution in [0.3, 0.4) is 0 Å². The van der Waals surface area contributed by atoms with Crippen LogP contribution in [0.4, 0.5) is 5.69 Å². The Kier molecular flexibility index (Phi) is 1.96. The first-order valence-electron chi connectivity index (χ1n) is 4.37. The molecular formula is C10H9NO3. The van der Waals surface area contributed by atoms with Gasteiger partial charge in [-0.3, -0.25) is 10.1 Å². The lowest BCUT2D eigenvalue weighted by Crippen LogP contribution is -1.90. The predicted molar refractivity (Wildman–Crippen MR) is 52.2 cm³/mol. The van der Waals surface area contributed by atoms with Crippen molar-refractivity contribution in [2.45, 2.75) is 13.3 Å². The van der Waals surface area contributed by atoms with Gasteiger partial charge in [-0.1, -0.05) is 6.92 Å². The highest BCUT2D eigenvalue weighted by Crippen LogP contribution is 2.29. The molecule has 0 fully saturated rings. The zero-order valence-electron chi connectivity index (χ0n) is 7.69. The van der Waals surface area contributed by atoms with E-state index in [9.17, 15) is 10.1 Å². The molecule has 1 aromatic heterocycles. The minimum Gasteiger partial charge on any atom is -0.464 e. The van der Waals surface area contributed by atoms with E-state index in [2.05, 4.69) is 0 Å². The van der Waals surface area contributed by atoms with Crippen molar-refractivity contribution in [2.75, 3.05) is 0 Å². The fraction of sp³-hybridized carbons (Fsp3) is 0.200. The number of benzene rings is 1. The molecule has 72 valence electrons. The largest absolute Gasteiger partial charge is 0.464 e. The molecule has 0 amide bonds. The average molecular weight is 191 g/mol. The van der Waals surface area contributed by atoms with Crippen LogP contribution < -0.4 is 0 Å². The summed E-state index contributed by atoms with van der Waals surface area (Å²) in [5.41, 5.74) is 1.73. The highest BCUT2D eigenvalue weighted by molar-refractivity contribution is 5.89. The third-order valence-electron chi connectivity index (χ3n) is 2.25. The van der Waals surface area contributed by atoms with Gasteiger partial charge in [0.05, 0.1) is 16.6 Å². The molecule has 0 spiro atoms. The highest BCUT2D eigenvalue weighted by Gasteiger charge is 2.15. The van der Waals surface area contributed by atoms with Crippen LogP contribution in [-0.2, 0) is 6.42 Å². The van der Waals surface area contributed by atoms with E-state index < -0.39 is 4.92 Å². The molecule has 0 aliphatic carbocycles. The van der Waals surface area contributed by atoms with Crippen LogP contribution in [0.15, 0.2) is 28.9 Å². The summed E-state index contributed by atoms with van der Waals surface area (Å²) < 4.78 is 5.23. The van der Waals surface area contributed by atoms with Crippen LogP contribution in [0, 0.1) is 10.1 Å². The lowest BCUT2D eigenvalue weighted by molar-refractivity contribution is -0.383. The molecule has 4 heteroatoms. The van der Waals surface area contributed by atoms with Crippen LogP contribution in [0.5, 0.6) is 0 Å². The van der Waals surface area contributed by atoms with Gasteiger partial charge in [0.25, 0.3) is 5.69 Å². The van der Waals surface area contributed by atoms with Crippen molar-refractivity contribution < 1.29 is 9.34 Å². The summed E-state index contributed by atoms with van der Waals surface area (Å²) in [6.45, 7) is 1.99. The molecule has 0 aliphatic rings. The van der Waals surface area contributed by atoms with E-state index in [4.69, 9.17) is 4.42 Å². The van der Waals surface area contributed by atoms with E-state index in [-0.39, 0.29) is 5.69 Å². The molecule has 0 atom stereocenters. The normalized spacial score (nSPS) is 10.6. The van der Waals surface area contributed by atoms with Gasteiger partial charge in [-0.15, -0.1) is 0 Å². The Morgan fingerprint density at radius 3 is 2.86 bits per heavy atom. The molecule has 0 bridgehead atoms. The van der Waals surface area contributed by atoms with Gasteiger partial charge in [0.1, 0.15) is 5.58 Å². The summed E-state index contributed by atoms with van der Waals surface area (Å²) in [4.78, 5) is 10.3. The molecule has 0 saturated carbocycles. The SMILES string of the molecule is CCc1ccc([N+](=O)[O-])c2ccoc12. The van der Waals surface area contributed by atoms with Crippen LogP contribution in [0.25, 0.3) is 11.0 Å². The van der Waals surface area contributed by atoms with Gasteiger partial charge < -0.3 is 4.42 Å². The van der Waals surface area contributed by atoms with Crippen LogP contribution in [0.2, 0.25) is 0 Å². The summed E-state index contributed by atoms with van der Waals surface area (Å²) in [5.74, 6) is 0. The smallest absolute Gasteiger partial charge is 0.280 e. The molecule has 4 nitrogen and oxygen atoms in total. The maximum absolute atomic E-state index is 10.7. The van der Waals surface area contributed by atoms with Gasteiger partial charge in [0, 0.05) is 6.07 Å². The second-order valence-corrected chi connectivity index (χ2v) is 3.02. The molecule has 0 N–H and O–H groups in total. The van der Waals surface area contributed by atoms with Crippen molar-refractivity contribution in [1.82, 2.24) is 0 Å². The number of rotatable bonds is 2. The van der Waals surface area contributed by atoms with E-state index in [1.807, 2.05) is 6.92 Å². The number of aryl methyl sites for hydroxylation is 1. The number of hydrogen-bond donors (Lipinski definition) is 0. The second-order valence-electron chi connectivity index (χ2n) is 3.02. The Hall–Kier alpha value is -1.84. The van der Waals surface area contributed by atoms with E-state index >= 15 is 0 Å². The third-order valence-corrected chi connectivity index (χ3v) is 2.25. The van der Waals surface area contributed by atoms with Crippen molar-refractivity contribution in [3.05, 3.63) is 40.1 Å². The number of hydrogen-bond acceptors (Lipinski definition) is 3. The number of nitro groups is 1. The third kappa shape index (κ3) is 1.16. The summed E-state index contributed by atoms with van der Waals surface area (Å²) in [7, 11) is 0. The zero-order chi connectivity index (χ0) is 10.1. The maximum Gasteiger partial charge on any atom is 0.280 e. The van der Waals surface area contributed by atoms with Gasteiger partial charge in [-0.25, -0.2) is 0 Å². The predicted octanol–water partition coefficient (Wildman–Crippen LogP) is 2.90. The number of nitrogens with zero attached hydrogens (tertiary/aromatic N) is 1. The van der Waals surface area contributed by atoms with Crippen molar-refractivity contribution in [2.24, 2.45) is 0 Å². The van der Waals surface area contributed by atoms with E-state index in [1.165, 1.54) is 12.3 Å². The molecule has 14 heavy (non-hydrogen) atoms. The molecule has 0 radical (unpaired) electrons. The zero-order valence-corrected chi connectivity index (χ0v) is 7.69. The van der Waals surface area contributed by atoms with E-state index in [1.54, 1.807) is 12.1 Å². The Bertz CT molecular complexity index is 487. The first-order valence-corrected chi connectivity index (χ1v) is 4.37. The fourth-order valence-electron chi connectivity index (χ4n) is 1.54. The molecule has 1 heterocycles. The molecule has 0 unspecified atom stereocenters. The molecule has 0 saturated heterocycles. The number of furan rings is 1. The molecule has 1 aromatic carbocycles. The quantitative estimate of drug-likeness (QED) is 0.541. The van der Waals surface area contributed by atoms with Gasteiger partial charge in [-0.05, 0) is 24.1 Å². The lowest BCUT2D eigenvalue weighted by atomic mass is 10.1. The minimum atomic E-state index is -0.392. The lowest BCUT2D eigenvalue weighted by Gasteiger charge is -1.98. The Balaban J connectivity index is 2.78. The summed E-state index contributed by atoms with van der Waals surface area (Å²) >= 11 is 0. The molecule has 2 rings (SSSR count). The van der Waals surface area contributed by atoms with Gasteiger partial charge in [0.15, 0.2) is 0 Å². The van der Waals surface area contributed by atoms with Crippen LogP contribution >= 0.6 is 0 Å². The minimum absolute atomic E-state index is 0.103. The Labute approximate surface area is 80.3 Å². The van der Waals surface area contributed by atoms with Gasteiger partial charge in [-0.2, -0.15) is 0 Å². The molecule has 0 aliphatic heterocycles. The maximum atomic E-state index is 10.7. The van der Waals surface area contributed by atoms with Crippen molar-refractivity contribution in [1.29, 1.82) is 0 Å². The monoisotopic (exact) mass is 191 g/mol. The first-order chi connectivity index (χ1) is 6.74. The molecule has 2 aromatic rings. The number of nitro benzene ring substituents is 1. The highest BCUT2D eigenvalue weighted by atomic mass is 16.6. The topological polar surface area (TPSA) is 56.3 Å². The fourth-order valence-corrected chi connectivity index (χ4v) is 1.54. The summed E-state index contributed by atoms with van der Waals surface area (Å²) in [6.07, 6.45) is 2.29. The Morgan fingerprint density at radius 2 is 2.21 bits per heavy atom. The first kappa shape index (κ1) is 8.74. The van der Waals surface area contributed by atoms with E-state index in [0.717, 1.165) is 12.0 Å². The number of non-ortho nitro benzene ring substituents is 1. The van der Waals surface area contributed by atoms with Gasteiger partial charge >= 0.3 is 0 Å². The number of fused-ring (bicyclic) bond motifs is 1. The van der Waals surface area contributed by atoms with Crippen molar-refractivity contribution in [3.63, 3.8) is 0 Å². The standard InChI is InChI=1S/C10H9NO3/c1-2-7-3-4-9(11(12)13)8-5-6-14-10(7)8/h3-6H,2H2,1H3. The van der Waals surface area contributed by atoms with Crippen LogP contribution in [0.1, 0.15) is 12.5 Å². The molecular weight excluding hydrogens is 182 g/mol. The second kappa shape index (κ2) is 3.14. The summed E-state index contributed by atoms with van der Waals surface area (Å²) in [5, 5.41) is 11.3. The van der Waals surface area contributed by atoms with Gasteiger partial charge in [0.2, 0.25) is 0 Å². The van der Waals surface area contributed by atoms with Crippen LogP contribution in [-0.4, -0.2) is 4.92 Å².